The van der Waals surface area contributed by atoms with Crippen LogP contribution in [0, 0.1) is 0 Å². The summed E-state index contributed by atoms with van der Waals surface area (Å²) in [5.41, 5.74) is 0.884. The monoisotopic (exact) mass is 328 g/mol. The van der Waals surface area contributed by atoms with Crippen LogP contribution in [0.4, 0.5) is 0 Å². The number of rotatable bonds is 6. The maximum Gasteiger partial charge on any atom is 0.286 e. The summed E-state index contributed by atoms with van der Waals surface area (Å²) in [5.74, 6) is -0.651. The first kappa shape index (κ1) is 15.7. The quantitative estimate of drug-likeness (QED) is 0.814. The van der Waals surface area contributed by atoms with Crippen LogP contribution in [0.25, 0.3) is 10.6 Å². The van der Waals surface area contributed by atoms with Crippen molar-refractivity contribution in [2.24, 2.45) is 0 Å². The van der Waals surface area contributed by atoms with Crippen molar-refractivity contribution in [1.29, 1.82) is 0 Å². The highest BCUT2D eigenvalue weighted by atomic mass is 32.2. The molecule has 2 aromatic rings. The van der Waals surface area contributed by atoms with E-state index in [-0.39, 0.29) is 11.4 Å². The predicted molar refractivity (Wildman–Crippen MR) is 80.6 cm³/mol. The highest BCUT2D eigenvalue weighted by molar-refractivity contribution is 7.89. The van der Waals surface area contributed by atoms with E-state index >= 15 is 0 Å². The number of furan rings is 1. The molecule has 0 unspecified atom stereocenters. The lowest BCUT2D eigenvalue weighted by atomic mass is 10.3. The summed E-state index contributed by atoms with van der Waals surface area (Å²) in [5, 5.41) is 2.17. The van der Waals surface area contributed by atoms with Crippen LogP contribution in [0.5, 0.6) is 0 Å². The normalized spacial score (nSPS) is 11.5. The zero-order valence-electron chi connectivity index (χ0n) is 11.8. The number of sulfonamides is 1. The van der Waals surface area contributed by atoms with E-state index in [9.17, 15) is 13.2 Å². The fourth-order valence-electron chi connectivity index (χ4n) is 1.64. The average molecular weight is 328 g/mol. The summed E-state index contributed by atoms with van der Waals surface area (Å²) >= 11 is 1.27. The van der Waals surface area contributed by atoms with Gasteiger partial charge in [0.2, 0.25) is 10.0 Å². The molecule has 2 aromatic heterocycles. The molecule has 0 aliphatic heterocycles. The molecule has 0 bridgehead atoms. The molecule has 0 aliphatic rings. The third kappa shape index (κ3) is 3.51. The standard InChI is InChI=1S/C13H16N2O4S2/c1-3-4-7-21(17,18)15(2)13(16)11-9-20-12(14-11)10-5-6-19-8-10/h5-6,8-9H,3-4,7H2,1-2H3. The molecular weight excluding hydrogens is 312 g/mol. The molecule has 0 N–H and O–H groups in total. The van der Waals surface area contributed by atoms with Gasteiger partial charge in [-0.3, -0.25) is 4.79 Å². The third-order valence-corrected chi connectivity index (χ3v) is 5.65. The van der Waals surface area contributed by atoms with Crippen molar-refractivity contribution < 1.29 is 17.6 Å². The number of hydrogen-bond acceptors (Lipinski definition) is 6. The summed E-state index contributed by atoms with van der Waals surface area (Å²) in [6.45, 7) is 1.90. The first-order valence-electron chi connectivity index (χ1n) is 6.44. The molecule has 114 valence electrons. The molecule has 0 aliphatic carbocycles. The molecule has 0 radical (unpaired) electrons. The van der Waals surface area contributed by atoms with E-state index < -0.39 is 15.9 Å². The Bertz CT molecular complexity index is 704. The smallest absolute Gasteiger partial charge is 0.286 e. The van der Waals surface area contributed by atoms with Gasteiger partial charge >= 0.3 is 0 Å². The van der Waals surface area contributed by atoms with Gasteiger partial charge in [0.05, 0.1) is 12.0 Å². The van der Waals surface area contributed by atoms with E-state index in [0.717, 1.165) is 16.3 Å². The summed E-state index contributed by atoms with van der Waals surface area (Å²) in [4.78, 5) is 16.4. The van der Waals surface area contributed by atoms with Gasteiger partial charge in [-0.25, -0.2) is 17.7 Å². The van der Waals surface area contributed by atoms with Crippen molar-refractivity contribution in [3.05, 3.63) is 29.7 Å². The van der Waals surface area contributed by atoms with Crippen molar-refractivity contribution in [3.8, 4) is 10.6 Å². The van der Waals surface area contributed by atoms with Crippen LogP contribution >= 0.6 is 11.3 Å². The molecule has 6 nitrogen and oxygen atoms in total. The highest BCUT2D eigenvalue weighted by Crippen LogP contribution is 2.24. The number of unbranched alkanes of at least 4 members (excludes halogenated alkanes) is 1. The highest BCUT2D eigenvalue weighted by Gasteiger charge is 2.25. The SMILES string of the molecule is CCCCS(=O)(=O)N(C)C(=O)c1csc(-c2ccoc2)n1. The van der Waals surface area contributed by atoms with Crippen molar-refractivity contribution in [1.82, 2.24) is 9.29 Å². The second-order valence-corrected chi connectivity index (χ2v) is 7.47. The maximum atomic E-state index is 12.2. The summed E-state index contributed by atoms with van der Waals surface area (Å²) in [6, 6.07) is 1.73. The van der Waals surface area contributed by atoms with Crippen LogP contribution in [0.2, 0.25) is 0 Å². The van der Waals surface area contributed by atoms with Gasteiger partial charge in [-0.2, -0.15) is 0 Å². The fraction of sp³-hybridized carbons (Fsp3) is 0.385. The lowest BCUT2D eigenvalue weighted by Crippen LogP contribution is -2.35. The Kier molecular flexibility index (Phi) is 4.79. The Balaban J connectivity index is 2.17. The lowest BCUT2D eigenvalue weighted by Gasteiger charge is -2.15. The van der Waals surface area contributed by atoms with Gasteiger partial charge in [0.1, 0.15) is 17.0 Å². The summed E-state index contributed by atoms with van der Waals surface area (Å²) in [6.07, 6.45) is 4.31. The topological polar surface area (TPSA) is 80.5 Å². The van der Waals surface area contributed by atoms with Crippen molar-refractivity contribution in [3.63, 3.8) is 0 Å². The number of thiazole rings is 1. The minimum Gasteiger partial charge on any atom is -0.472 e. The number of amides is 1. The minimum atomic E-state index is -3.58. The van der Waals surface area contributed by atoms with Crippen LogP contribution in [0.3, 0.4) is 0 Å². The Morgan fingerprint density at radius 2 is 2.24 bits per heavy atom. The van der Waals surface area contributed by atoms with Crippen LogP contribution in [-0.2, 0) is 10.0 Å². The predicted octanol–water partition coefficient (Wildman–Crippen LogP) is 2.61. The third-order valence-electron chi connectivity index (χ3n) is 2.95. The molecule has 8 heteroatoms. The fourth-order valence-corrected chi connectivity index (χ4v) is 3.70. The van der Waals surface area contributed by atoms with Gasteiger partial charge in [0, 0.05) is 18.0 Å². The number of carbonyl (C=O) groups is 1. The van der Waals surface area contributed by atoms with Crippen LogP contribution in [-0.4, -0.2) is 36.4 Å². The zero-order chi connectivity index (χ0) is 15.5. The largest absolute Gasteiger partial charge is 0.472 e. The minimum absolute atomic E-state index is 0.0372. The molecule has 0 fully saturated rings. The Morgan fingerprint density at radius 3 is 2.86 bits per heavy atom. The first-order chi connectivity index (χ1) is 9.95. The number of carbonyl (C=O) groups excluding carboxylic acids is 1. The molecule has 0 spiro atoms. The second-order valence-electron chi connectivity index (χ2n) is 4.49. The zero-order valence-corrected chi connectivity index (χ0v) is 13.4. The van der Waals surface area contributed by atoms with Crippen molar-refractivity contribution in [2.45, 2.75) is 19.8 Å². The lowest BCUT2D eigenvalue weighted by molar-refractivity contribution is 0.0878. The molecule has 0 saturated heterocycles. The molecule has 21 heavy (non-hydrogen) atoms. The van der Waals surface area contributed by atoms with Gasteiger partial charge in [0.25, 0.3) is 5.91 Å². The summed E-state index contributed by atoms with van der Waals surface area (Å²) in [7, 11) is -2.32. The molecule has 1 amide bonds. The van der Waals surface area contributed by atoms with E-state index in [4.69, 9.17) is 4.42 Å². The number of aromatic nitrogens is 1. The molecule has 0 aromatic carbocycles. The van der Waals surface area contributed by atoms with Crippen LogP contribution < -0.4 is 0 Å². The van der Waals surface area contributed by atoms with Gasteiger partial charge in [0.15, 0.2) is 0 Å². The van der Waals surface area contributed by atoms with Crippen molar-refractivity contribution in [2.75, 3.05) is 12.8 Å². The number of nitrogens with zero attached hydrogens (tertiary/aromatic N) is 2. The first-order valence-corrected chi connectivity index (χ1v) is 8.93. The molecular formula is C13H16N2O4S2. The van der Waals surface area contributed by atoms with E-state index in [1.54, 1.807) is 11.4 Å². The van der Waals surface area contributed by atoms with E-state index in [1.165, 1.54) is 30.9 Å². The Labute approximate surface area is 127 Å². The van der Waals surface area contributed by atoms with Gasteiger partial charge in [-0.1, -0.05) is 13.3 Å². The van der Waals surface area contributed by atoms with Gasteiger partial charge in [-0.05, 0) is 12.5 Å². The molecule has 0 atom stereocenters. The van der Waals surface area contributed by atoms with Crippen LogP contribution in [0.1, 0.15) is 30.3 Å². The maximum absolute atomic E-state index is 12.2. The van der Waals surface area contributed by atoms with Gasteiger partial charge < -0.3 is 4.42 Å². The molecule has 0 saturated carbocycles. The van der Waals surface area contributed by atoms with Crippen molar-refractivity contribution >= 4 is 27.3 Å². The van der Waals surface area contributed by atoms with E-state index in [1.807, 2.05) is 6.92 Å². The molecule has 2 rings (SSSR count). The average Bonchev–Trinajstić information content (AvgIpc) is 3.13. The molecule has 2 heterocycles. The second kappa shape index (κ2) is 6.40. The van der Waals surface area contributed by atoms with E-state index in [0.29, 0.717) is 11.4 Å². The van der Waals surface area contributed by atoms with Crippen LogP contribution in [0.15, 0.2) is 28.4 Å². The Hall–Kier alpha value is -1.67. The van der Waals surface area contributed by atoms with Gasteiger partial charge in [-0.15, -0.1) is 11.3 Å². The Morgan fingerprint density at radius 1 is 1.48 bits per heavy atom. The summed E-state index contributed by atoms with van der Waals surface area (Å²) < 4.78 is 29.7. The number of hydrogen-bond donors (Lipinski definition) is 0. The van der Waals surface area contributed by atoms with E-state index in [2.05, 4.69) is 4.98 Å².